The summed E-state index contributed by atoms with van der Waals surface area (Å²) < 4.78 is 46.1. The second-order valence-electron chi connectivity index (χ2n) is 7.80. The summed E-state index contributed by atoms with van der Waals surface area (Å²) in [4.78, 5) is 29.9. The van der Waals surface area contributed by atoms with E-state index in [1.54, 1.807) is 29.7 Å². The van der Waals surface area contributed by atoms with Gasteiger partial charge in [0.25, 0.3) is 0 Å². The molecule has 33 heavy (non-hydrogen) atoms. The minimum atomic E-state index is -4.47. The highest BCUT2D eigenvalue weighted by Gasteiger charge is 2.30. The van der Waals surface area contributed by atoms with Crippen LogP contribution >= 0.6 is 0 Å². The van der Waals surface area contributed by atoms with Gasteiger partial charge >= 0.3 is 11.9 Å². The van der Waals surface area contributed by atoms with E-state index in [4.69, 9.17) is 4.52 Å². The van der Waals surface area contributed by atoms with Crippen LogP contribution in [0.3, 0.4) is 0 Å². The number of benzene rings is 2. The van der Waals surface area contributed by atoms with Crippen molar-refractivity contribution >= 4 is 22.6 Å². The molecule has 1 N–H and O–H groups in total. The van der Waals surface area contributed by atoms with Crippen molar-refractivity contribution in [3.8, 4) is 11.4 Å². The van der Waals surface area contributed by atoms with Gasteiger partial charge in [-0.1, -0.05) is 5.16 Å². The lowest BCUT2D eigenvalue weighted by Gasteiger charge is -2.09. The Balaban J connectivity index is 1.67. The number of fused-ring (bicyclic) bond motifs is 1. The van der Waals surface area contributed by atoms with Crippen molar-refractivity contribution in [2.45, 2.75) is 39.5 Å². The molecule has 11 heteroatoms. The zero-order valence-corrected chi connectivity index (χ0v) is 18.0. The van der Waals surface area contributed by atoms with E-state index >= 15 is 0 Å². The maximum atomic E-state index is 13.1. The number of rotatable bonds is 5. The standard InChI is InChI=1S/C22H20F3N5O3/c1-12(2)30-17-9-4-14(20-26-13(3)33-28-20)10-18(17)29(21(30)32)11-19(31)27-16-7-5-15(6-8-16)22(23,24)25/h4-10,12H,11H2,1-3H3,(H,27,31). The van der Waals surface area contributed by atoms with Crippen LogP contribution in [-0.4, -0.2) is 25.2 Å². The van der Waals surface area contributed by atoms with Crippen LogP contribution in [-0.2, 0) is 17.5 Å². The SMILES string of the molecule is Cc1nc(-c2ccc3c(c2)n(CC(=O)Nc2ccc(C(F)(F)F)cc2)c(=O)n3C(C)C)no1. The first-order valence-corrected chi connectivity index (χ1v) is 10.1. The summed E-state index contributed by atoms with van der Waals surface area (Å²) in [6, 6.07) is 9.13. The molecule has 172 valence electrons. The number of aromatic nitrogens is 4. The van der Waals surface area contributed by atoms with Gasteiger partial charge in [0.15, 0.2) is 0 Å². The van der Waals surface area contributed by atoms with Crippen molar-refractivity contribution in [3.05, 3.63) is 64.4 Å². The molecule has 0 aliphatic carbocycles. The second-order valence-corrected chi connectivity index (χ2v) is 7.80. The summed E-state index contributed by atoms with van der Waals surface area (Å²) >= 11 is 0. The third-order valence-corrected chi connectivity index (χ3v) is 5.06. The number of hydrogen-bond donors (Lipinski definition) is 1. The number of amides is 1. The maximum absolute atomic E-state index is 13.1. The lowest BCUT2D eigenvalue weighted by atomic mass is 10.2. The summed E-state index contributed by atoms with van der Waals surface area (Å²) in [5, 5.41) is 6.42. The zero-order valence-electron chi connectivity index (χ0n) is 18.0. The van der Waals surface area contributed by atoms with E-state index in [1.165, 1.54) is 4.57 Å². The summed E-state index contributed by atoms with van der Waals surface area (Å²) in [5.41, 5.74) is 0.719. The highest BCUT2D eigenvalue weighted by molar-refractivity contribution is 5.92. The zero-order chi connectivity index (χ0) is 23.9. The fraction of sp³-hybridized carbons (Fsp3) is 0.273. The van der Waals surface area contributed by atoms with Gasteiger partial charge in [-0.3, -0.25) is 13.9 Å². The van der Waals surface area contributed by atoms with Crippen LogP contribution < -0.4 is 11.0 Å². The number of aryl methyl sites for hydroxylation is 1. The predicted molar refractivity (Wildman–Crippen MR) is 115 cm³/mol. The first-order valence-electron chi connectivity index (χ1n) is 10.1. The second kappa shape index (κ2) is 8.23. The first-order chi connectivity index (χ1) is 15.5. The molecule has 0 radical (unpaired) electrons. The van der Waals surface area contributed by atoms with Crippen LogP contribution in [0.2, 0.25) is 0 Å². The number of alkyl halides is 3. The van der Waals surface area contributed by atoms with E-state index in [1.807, 2.05) is 13.8 Å². The number of halogens is 3. The average Bonchev–Trinajstić information content (AvgIpc) is 3.29. The fourth-order valence-electron chi connectivity index (χ4n) is 3.57. The minimum Gasteiger partial charge on any atom is -0.339 e. The number of anilines is 1. The molecule has 2 heterocycles. The number of hydrogen-bond acceptors (Lipinski definition) is 5. The highest BCUT2D eigenvalue weighted by atomic mass is 19.4. The van der Waals surface area contributed by atoms with Gasteiger partial charge in [0, 0.05) is 24.2 Å². The molecule has 0 fully saturated rings. The van der Waals surface area contributed by atoms with Crippen molar-refractivity contribution in [2.75, 3.05) is 5.32 Å². The Labute approximate surface area is 185 Å². The van der Waals surface area contributed by atoms with E-state index in [0.717, 1.165) is 24.3 Å². The molecule has 0 bridgehead atoms. The molecule has 2 aromatic heterocycles. The first kappa shape index (κ1) is 22.3. The van der Waals surface area contributed by atoms with Crippen LogP contribution in [0.5, 0.6) is 0 Å². The molecule has 0 unspecified atom stereocenters. The predicted octanol–water partition coefficient (Wildman–Crippen LogP) is 4.40. The number of nitrogens with one attached hydrogen (secondary N) is 1. The van der Waals surface area contributed by atoms with Gasteiger partial charge < -0.3 is 9.84 Å². The van der Waals surface area contributed by atoms with Crippen molar-refractivity contribution in [1.82, 2.24) is 19.3 Å². The average molecular weight is 459 g/mol. The van der Waals surface area contributed by atoms with Gasteiger partial charge in [-0.15, -0.1) is 0 Å². The molecule has 0 saturated heterocycles. The van der Waals surface area contributed by atoms with Crippen LogP contribution in [0.15, 0.2) is 51.8 Å². The van der Waals surface area contributed by atoms with Crippen molar-refractivity contribution in [3.63, 3.8) is 0 Å². The van der Waals surface area contributed by atoms with Gasteiger partial charge in [-0.05, 0) is 56.3 Å². The van der Waals surface area contributed by atoms with Gasteiger partial charge in [0.1, 0.15) is 6.54 Å². The molecule has 8 nitrogen and oxygen atoms in total. The van der Waals surface area contributed by atoms with Gasteiger partial charge in [0.05, 0.1) is 16.6 Å². The van der Waals surface area contributed by atoms with Crippen molar-refractivity contribution in [1.29, 1.82) is 0 Å². The molecule has 1 amide bonds. The van der Waals surface area contributed by atoms with Gasteiger partial charge in [0.2, 0.25) is 17.6 Å². The Kier molecular flexibility index (Phi) is 5.56. The molecular weight excluding hydrogens is 439 g/mol. The number of carbonyl (C=O) groups is 1. The Morgan fingerprint density at radius 2 is 1.82 bits per heavy atom. The molecule has 4 rings (SSSR count). The Morgan fingerprint density at radius 1 is 1.12 bits per heavy atom. The monoisotopic (exact) mass is 459 g/mol. The van der Waals surface area contributed by atoms with Crippen LogP contribution in [0.1, 0.15) is 31.3 Å². The third-order valence-electron chi connectivity index (χ3n) is 5.06. The molecule has 0 saturated carbocycles. The van der Waals surface area contributed by atoms with E-state index < -0.39 is 17.6 Å². The normalized spacial score (nSPS) is 12.0. The largest absolute Gasteiger partial charge is 0.416 e. The summed E-state index contributed by atoms with van der Waals surface area (Å²) in [6.45, 7) is 5.03. The van der Waals surface area contributed by atoms with Gasteiger partial charge in [-0.25, -0.2) is 4.79 Å². The minimum absolute atomic E-state index is 0.169. The maximum Gasteiger partial charge on any atom is 0.416 e. The molecule has 0 atom stereocenters. The molecular formula is C22H20F3N5O3. The number of nitrogens with zero attached hydrogens (tertiary/aromatic N) is 4. The van der Waals surface area contributed by atoms with E-state index in [2.05, 4.69) is 15.5 Å². The Hall–Kier alpha value is -3.89. The lowest BCUT2D eigenvalue weighted by Crippen LogP contribution is -2.30. The quantitative estimate of drug-likeness (QED) is 0.477. The molecule has 0 aliphatic heterocycles. The smallest absolute Gasteiger partial charge is 0.339 e. The van der Waals surface area contributed by atoms with E-state index in [9.17, 15) is 22.8 Å². The summed E-state index contributed by atoms with van der Waals surface area (Å²) in [6.07, 6.45) is -4.47. The van der Waals surface area contributed by atoms with E-state index in [0.29, 0.717) is 28.3 Å². The van der Waals surface area contributed by atoms with Crippen molar-refractivity contribution in [2.24, 2.45) is 0 Å². The van der Waals surface area contributed by atoms with Crippen LogP contribution in [0, 0.1) is 6.92 Å². The third kappa shape index (κ3) is 4.38. The van der Waals surface area contributed by atoms with Gasteiger partial charge in [-0.2, -0.15) is 18.2 Å². The molecule has 4 aromatic rings. The number of carbonyl (C=O) groups excluding carboxylic acids is 1. The summed E-state index contributed by atoms with van der Waals surface area (Å²) in [7, 11) is 0. The summed E-state index contributed by atoms with van der Waals surface area (Å²) in [5.74, 6) is 0.179. The Bertz CT molecular complexity index is 1380. The highest BCUT2D eigenvalue weighted by Crippen LogP contribution is 2.30. The van der Waals surface area contributed by atoms with Crippen LogP contribution in [0.25, 0.3) is 22.4 Å². The number of imidazole rings is 1. The molecule has 0 spiro atoms. The molecule has 0 aliphatic rings. The lowest BCUT2D eigenvalue weighted by molar-refractivity contribution is -0.137. The van der Waals surface area contributed by atoms with E-state index in [-0.39, 0.29) is 24.0 Å². The Morgan fingerprint density at radius 3 is 2.39 bits per heavy atom. The fourth-order valence-corrected chi connectivity index (χ4v) is 3.57. The molecule has 2 aromatic carbocycles. The van der Waals surface area contributed by atoms with Crippen molar-refractivity contribution < 1.29 is 22.5 Å². The topological polar surface area (TPSA) is 95.0 Å². The van der Waals surface area contributed by atoms with Crippen LogP contribution in [0.4, 0.5) is 18.9 Å².